The molecule has 0 bridgehead atoms. The van der Waals surface area contributed by atoms with E-state index in [4.69, 9.17) is 4.74 Å². The standard InChI is InChI=1S/C18H23FN2O3/c1-21-11-13(10-16(21)22)17(23)20-12-18(6-8-24-9-7-18)14-2-4-15(19)5-3-14/h2-5,13H,6-12H2,1H3,(H,20,23). The molecule has 1 aromatic rings. The van der Waals surface area contributed by atoms with Crippen molar-refractivity contribution in [2.75, 3.05) is 33.4 Å². The number of benzene rings is 1. The lowest BCUT2D eigenvalue weighted by Gasteiger charge is -2.38. The molecule has 1 atom stereocenters. The Hall–Kier alpha value is -1.95. The van der Waals surface area contributed by atoms with Gasteiger partial charge < -0.3 is 15.0 Å². The second kappa shape index (κ2) is 6.89. The van der Waals surface area contributed by atoms with Crippen molar-refractivity contribution in [3.05, 3.63) is 35.6 Å². The minimum absolute atomic E-state index is 0.00876. The molecule has 2 heterocycles. The first kappa shape index (κ1) is 16.9. The SMILES string of the molecule is CN1CC(C(=O)NCC2(c3ccc(F)cc3)CCOCC2)CC1=O. The van der Waals surface area contributed by atoms with Crippen LogP contribution in [-0.2, 0) is 19.7 Å². The molecule has 2 fully saturated rings. The van der Waals surface area contributed by atoms with Crippen LogP contribution in [0.25, 0.3) is 0 Å². The molecule has 0 spiro atoms. The fourth-order valence-electron chi connectivity index (χ4n) is 3.57. The Balaban J connectivity index is 1.70. The number of rotatable bonds is 4. The van der Waals surface area contributed by atoms with Crippen molar-refractivity contribution in [2.24, 2.45) is 5.92 Å². The van der Waals surface area contributed by atoms with Gasteiger partial charge in [-0.2, -0.15) is 0 Å². The fourth-order valence-corrected chi connectivity index (χ4v) is 3.57. The molecule has 2 saturated heterocycles. The monoisotopic (exact) mass is 334 g/mol. The number of ether oxygens (including phenoxy) is 1. The maximum atomic E-state index is 13.2. The lowest BCUT2D eigenvalue weighted by Crippen LogP contribution is -2.46. The van der Waals surface area contributed by atoms with Crippen molar-refractivity contribution < 1.29 is 18.7 Å². The fraction of sp³-hybridized carbons (Fsp3) is 0.556. The van der Waals surface area contributed by atoms with E-state index in [1.165, 1.54) is 12.1 Å². The summed E-state index contributed by atoms with van der Waals surface area (Å²) in [5, 5.41) is 3.02. The van der Waals surface area contributed by atoms with Crippen LogP contribution >= 0.6 is 0 Å². The number of likely N-dealkylation sites (tertiary alicyclic amines) is 1. The van der Waals surface area contributed by atoms with Gasteiger partial charge in [-0.05, 0) is 30.5 Å². The van der Waals surface area contributed by atoms with E-state index in [0.29, 0.717) is 26.3 Å². The first-order valence-corrected chi connectivity index (χ1v) is 8.36. The van der Waals surface area contributed by atoms with E-state index in [-0.39, 0.29) is 35.4 Å². The molecule has 0 aliphatic carbocycles. The van der Waals surface area contributed by atoms with Crippen molar-refractivity contribution in [3.8, 4) is 0 Å². The van der Waals surface area contributed by atoms with Crippen LogP contribution in [0.5, 0.6) is 0 Å². The Morgan fingerprint density at radius 1 is 1.33 bits per heavy atom. The largest absolute Gasteiger partial charge is 0.381 e. The molecule has 0 saturated carbocycles. The lowest BCUT2D eigenvalue weighted by atomic mass is 9.74. The molecule has 5 nitrogen and oxygen atoms in total. The van der Waals surface area contributed by atoms with Crippen LogP contribution in [0.15, 0.2) is 24.3 Å². The van der Waals surface area contributed by atoms with E-state index in [2.05, 4.69) is 5.32 Å². The van der Waals surface area contributed by atoms with Crippen molar-refractivity contribution in [2.45, 2.75) is 24.7 Å². The van der Waals surface area contributed by atoms with Gasteiger partial charge in [-0.15, -0.1) is 0 Å². The van der Waals surface area contributed by atoms with E-state index in [1.54, 1.807) is 24.1 Å². The van der Waals surface area contributed by atoms with Gasteiger partial charge in [-0.1, -0.05) is 12.1 Å². The first-order chi connectivity index (χ1) is 11.5. The van der Waals surface area contributed by atoms with Gasteiger partial charge in [0.15, 0.2) is 0 Å². The van der Waals surface area contributed by atoms with Gasteiger partial charge in [-0.25, -0.2) is 4.39 Å². The Kier molecular flexibility index (Phi) is 4.85. The quantitative estimate of drug-likeness (QED) is 0.907. The van der Waals surface area contributed by atoms with Crippen molar-refractivity contribution >= 4 is 11.8 Å². The predicted molar refractivity (Wildman–Crippen MR) is 86.9 cm³/mol. The number of nitrogens with zero attached hydrogens (tertiary/aromatic N) is 1. The molecular weight excluding hydrogens is 311 g/mol. The maximum absolute atomic E-state index is 13.2. The van der Waals surface area contributed by atoms with Crippen LogP contribution in [-0.4, -0.2) is 50.1 Å². The molecule has 2 amide bonds. The molecule has 3 rings (SSSR count). The van der Waals surface area contributed by atoms with E-state index in [1.807, 2.05) is 0 Å². The second-order valence-electron chi connectivity index (χ2n) is 6.79. The number of nitrogens with one attached hydrogen (secondary N) is 1. The van der Waals surface area contributed by atoms with Gasteiger partial charge in [0, 0.05) is 45.2 Å². The highest BCUT2D eigenvalue weighted by molar-refractivity contribution is 5.89. The summed E-state index contributed by atoms with van der Waals surface area (Å²) in [6.07, 6.45) is 1.83. The number of amides is 2. The van der Waals surface area contributed by atoms with Crippen LogP contribution in [0.1, 0.15) is 24.8 Å². The number of carbonyl (C=O) groups excluding carboxylic acids is 2. The van der Waals surface area contributed by atoms with Gasteiger partial charge >= 0.3 is 0 Å². The molecule has 0 radical (unpaired) electrons. The third kappa shape index (κ3) is 3.43. The molecular formula is C18H23FN2O3. The number of hydrogen-bond donors (Lipinski definition) is 1. The van der Waals surface area contributed by atoms with Crippen LogP contribution in [0.4, 0.5) is 4.39 Å². The minimum atomic E-state index is -0.285. The summed E-state index contributed by atoms with van der Waals surface area (Å²) < 4.78 is 18.7. The van der Waals surface area contributed by atoms with Crippen LogP contribution in [0.3, 0.4) is 0 Å². The van der Waals surface area contributed by atoms with E-state index in [0.717, 1.165) is 18.4 Å². The molecule has 1 unspecified atom stereocenters. The Morgan fingerprint density at radius 2 is 2.00 bits per heavy atom. The van der Waals surface area contributed by atoms with Gasteiger partial charge in [0.2, 0.25) is 11.8 Å². The van der Waals surface area contributed by atoms with Crippen LogP contribution in [0, 0.1) is 11.7 Å². The Morgan fingerprint density at radius 3 is 2.58 bits per heavy atom. The van der Waals surface area contributed by atoms with Gasteiger partial charge in [0.05, 0.1) is 5.92 Å². The summed E-state index contributed by atoms with van der Waals surface area (Å²) in [4.78, 5) is 25.6. The van der Waals surface area contributed by atoms with Gasteiger partial charge in [-0.3, -0.25) is 9.59 Å². The summed E-state index contributed by atoms with van der Waals surface area (Å²) in [7, 11) is 1.72. The van der Waals surface area contributed by atoms with Crippen molar-refractivity contribution in [1.29, 1.82) is 0 Å². The summed E-state index contributed by atoms with van der Waals surface area (Å²) in [6, 6.07) is 6.50. The van der Waals surface area contributed by atoms with E-state index in [9.17, 15) is 14.0 Å². The Bertz CT molecular complexity index is 611. The van der Waals surface area contributed by atoms with E-state index < -0.39 is 0 Å². The maximum Gasteiger partial charge on any atom is 0.225 e. The van der Waals surface area contributed by atoms with Crippen molar-refractivity contribution in [3.63, 3.8) is 0 Å². The summed E-state index contributed by atoms with van der Waals surface area (Å²) in [6.45, 7) is 2.20. The predicted octanol–water partition coefficient (Wildman–Crippen LogP) is 1.47. The van der Waals surface area contributed by atoms with Crippen LogP contribution < -0.4 is 5.32 Å². The molecule has 1 N–H and O–H groups in total. The summed E-state index contributed by atoms with van der Waals surface area (Å²) >= 11 is 0. The number of hydrogen-bond acceptors (Lipinski definition) is 3. The average molecular weight is 334 g/mol. The molecule has 1 aromatic carbocycles. The zero-order valence-electron chi connectivity index (χ0n) is 13.9. The second-order valence-corrected chi connectivity index (χ2v) is 6.79. The highest BCUT2D eigenvalue weighted by atomic mass is 19.1. The molecule has 6 heteroatoms. The zero-order chi connectivity index (χ0) is 17.2. The smallest absolute Gasteiger partial charge is 0.225 e. The average Bonchev–Trinajstić information content (AvgIpc) is 2.93. The third-order valence-corrected chi connectivity index (χ3v) is 5.22. The highest BCUT2D eigenvalue weighted by Gasteiger charge is 2.37. The minimum Gasteiger partial charge on any atom is -0.381 e. The highest BCUT2D eigenvalue weighted by Crippen LogP contribution is 2.34. The third-order valence-electron chi connectivity index (χ3n) is 5.22. The topological polar surface area (TPSA) is 58.6 Å². The molecule has 130 valence electrons. The zero-order valence-corrected chi connectivity index (χ0v) is 13.9. The van der Waals surface area contributed by atoms with E-state index >= 15 is 0 Å². The molecule has 2 aliphatic rings. The Labute approximate surface area is 141 Å². The van der Waals surface area contributed by atoms with Crippen LogP contribution in [0.2, 0.25) is 0 Å². The van der Waals surface area contributed by atoms with Crippen molar-refractivity contribution in [1.82, 2.24) is 10.2 Å². The van der Waals surface area contributed by atoms with Gasteiger partial charge in [0.25, 0.3) is 0 Å². The lowest BCUT2D eigenvalue weighted by molar-refractivity contribution is -0.128. The molecule has 0 aromatic heterocycles. The van der Waals surface area contributed by atoms with Gasteiger partial charge in [0.1, 0.15) is 5.82 Å². The molecule has 24 heavy (non-hydrogen) atoms. The number of carbonyl (C=O) groups is 2. The summed E-state index contributed by atoms with van der Waals surface area (Å²) in [5.41, 5.74) is 0.781. The normalized spacial score (nSPS) is 23.3. The first-order valence-electron chi connectivity index (χ1n) is 8.36. The molecule has 2 aliphatic heterocycles. The summed E-state index contributed by atoms with van der Waals surface area (Å²) in [5.74, 6) is -0.625. The number of halogens is 1.